The van der Waals surface area contributed by atoms with E-state index in [4.69, 9.17) is 9.47 Å². The van der Waals surface area contributed by atoms with Crippen LogP contribution in [-0.4, -0.2) is 68.1 Å². The van der Waals surface area contributed by atoms with Crippen LogP contribution in [0.3, 0.4) is 0 Å². The van der Waals surface area contributed by atoms with Crippen LogP contribution in [0, 0.1) is 11.3 Å². The maximum absolute atomic E-state index is 12.9. The molecule has 10 nitrogen and oxygen atoms in total. The highest BCUT2D eigenvalue weighted by molar-refractivity contribution is 8.06. The zero-order valence-electron chi connectivity index (χ0n) is 20.1. The van der Waals surface area contributed by atoms with Crippen molar-refractivity contribution < 1.29 is 39.2 Å². The molecule has 1 aliphatic carbocycles. The van der Waals surface area contributed by atoms with Gasteiger partial charge >= 0.3 is 12.1 Å². The maximum Gasteiger partial charge on any atom is 0.508 e. The third-order valence-electron chi connectivity index (χ3n) is 7.12. The van der Waals surface area contributed by atoms with Crippen molar-refractivity contribution in [3.05, 3.63) is 32.1 Å². The van der Waals surface area contributed by atoms with Crippen LogP contribution in [0.1, 0.15) is 56.5 Å². The second kappa shape index (κ2) is 10.9. The Hall–Kier alpha value is -2.41. The van der Waals surface area contributed by atoms with Crippen LogP contribution in [-0.2, 0) is 25.7 Å². The molecular weight excluding hydrogens is 508 g/mol. The molecule has 0 aromatic carbocycles. The fourth-order valence-corrected chi connectivity index (χ4v) is 7.21. The van der Waals surface area contributed by atoms with E-state index in [-0.39, 0.29) is 31.4 Å². The van der Waals surface area contributed by atoms with Crippen molar-refractivity contribution in [2.24, 2.45) is 11.3 Å². The number of amides is 1. The lowest BCUT2D eigenvalue weighted by Gasteiger charge is -2.50. The summed E-state index contributed by atoms with van der Waals surface area (Å²) in [4.78, 5) is 43.8. The summed E-state index contributed by atoms with van der Waals surface area (Å²) in [5.74, 6) is -2.45. The fraction of sp³-hybridized carbons (Fsp3) is 0.583. The van der Waals surface area contributed by atoms with Crippen LogP contribution < -0.4 is 0 Å². The molecule has 3 N–H and O–H groups in total. The van der Waals surface area contributed by atoms with E-state index >= 15 is 0 Å². The van der Waals surface area contributed by atoms with Crippen LogP contribution in [0.25, 0.3) is 6.08 Å². The van der Waals surface area contributed by atoms with Crippen molar-refractivity contribution in [3.63, 3.8) is 0 Å². The van der Waals surface area contributed by atoms with Gasteiger partial charge in [-0.05, 0) is 50.5 Å². The highest BCUT2D eigenvalue weighted by Gasteiger charge is 2.65. The predicted octanol–water partition coefficient (Wildman–Crippen LogP) is 3.35. The van der Waals surface area contributed by atoms with Crippen molar-refractivity contribution in [1.29, 1.82) is 0 Å². The normalized spacial score (nSPS) is 26.9. The van der Waals surface area contributed by atoms with Gasteiger partial charge in [-0.15, -0.1) is 11.3 Å². The van der Waals surface area contributed by atoms with Gasteiger partial charge in [0.25, 0.3) is 0 Å². The first-order valence-electron chi connectivity index (χ1n) is 11.9. The molecule has 0 spiro atoms. The Morgan fingerprint density at radius 1 is 1.39 bits per heavy atom. The number of aromatic nitrogens is 1. The first-order chi connectivity index (χ1) is 17.2. The molecule has 4 rings (SSSR count). The lowest BCUT2D eigenvalue weighted by Crippen LogP contribution is -2.66. The van der Waals surface area contributed by atoms with Crippen molar-refractivity contribution >= 4 is 47.2 Å². The highest BCUT2D eigenvalue weighted by atomic mass is 32.2. The van der Waals surface area contributed by atoms with Crippen molar-refractivity contribution in [2.45, 2.75) is 70.8 Å². The number of carbonyl (C=O) groups is 3. The molecular formula is C24H30N2O8S2. The number of β-lactam (4-membered cyclic amide) rings is 1. The summed E-state index contributed by atoms with van der Waals surface area (Å²) in [6.07, 6.45) is 3.78. The van der Waals surface area contributed by atoms with Crippen molar-refractivity contribution in [1.82, 2.24) is 9.88 Å². The minimum absolute atomic E-state index is 0.0305. The number of carbonyl (C=O) groups excluding carboxylic acids is 2. The van der Waals surface area contributed by atoms with Gasteiger partial charge in [0.05, 0.1) is 47.4 Å². The summed E-state index contributed by atoms with van der Waals surface area (Å²) >= 11 is 2.50. The third kappa shape index (κ3) is 4.91. The summed E-state index contributed by atoms with van der Waals surface area (Å²) in [7, 11) is 0. The second-order valence-electron chi connectivity index (χ2n) is 9.43. The van der Waals surface area contributed by atoms with E-state index in [1.165, 1.54) is 23.2 Å². The van der Waals surface area contributed by atoms with Gasteiger partial charge in [0.2, 0.25) is 5.91 Å². The van der Waals surface area contributed by atoms with E-state index < -0.39 is 41.5 Å². The quantitative estimate of drug-likeness (QED) is 0.299. The Kier molecular flexibility index (Phi) is 8.08. The number of aliphatic hydroxyl groups is 2. The number of aliphatic hydroxyl groups excluding tert-OH is 2. The fourth-order valence-electron chi connectivity index (χ4n) is 5.30. The van der Waals surface area contributed by atoms with Gasteiger partial charge in [0.1, 0.15) is 11.8 Å². The van der Waals surface area contributed by atoms with Crippen LogP contribution in [0.4, 0.5) is 4.79 Å². The first kappa shape index (κ1) is 26.6. The van der Waals surface area contributed by atoms with Crippen LogP contribution in [0.15, 0.2) is 21.5 Å². The number of thioether (sulfide) groups is 1. The molecule has 4 atom stereocenters. The molecule has 1 saturated heterocycles. The number of aliphatic carboxylic acids is 1. The maximum atomic E-state index is 12.9. The molecule has 2 fully saturated rings. The van der Waals surface area contributed by atoms with Gasteiger partial charge in [0, 0.05) is 10.3 Å². The minimum Gasteiger partial charge on any atom is -0.477 e. The average molecular weight is 539 g/mol. The molecule has 36 heavy (non-hydrogen) atoms. The van der Waals surface area contributed by atoms with E-state index in [0.717, 1.165) is 42.3 Å². The molecule has 1 unspecified atom stereocenters. The molecule has 0 radical (unpaired) electrons. The van der Waals surface area contributed by atoms with E-state index in [2.05, 4.69) is 4.98 Å². The largest absolute Gasteiger partial charge is 0.508 e. The number of rotatable bonds is 10. The number of thiazole rings is 1. The van der Waals surface area contributed by atoms with Crippen molar-refractivity contribution in [2.75, 3.05) is 6.61 Å². The summed E-state index contributed by atoms with van der Waals surface area (Å²) in [5.41, 5.74) is 1.11. The number of nitrogens with zero attached hydrogens (tertiary/aromatic N) is 2. The Morgan fingerprint density at radius 2 is 2.11 bits per heavy atom. The topological polar surface area (TPSA) is 146 Å². The summed E-state index contributed by atoms with van der Waals surface area (Å²) in [6.45, 7) is 3.10. The third-order valence-corrected chi connectivity index (χ3v) is 9.13. The first-order valence-corrected chi connectivity index (χ1v) is 13.6. The van der Waals surface area contributed by atoms with Gasteiger partial charge in [-0.3, -0.25) is 4.79 Å². The summed E-state index contributed by atoms with van der Waals surface area (Å²) in [5, 5.41) is 31.5. The molecule has 2 aliphatic heterocycles. The lowest BCUT2D eigenvalue weighted by atomic mass is 9.68. The molecule has 1 amide bonds. The van der Waals surface area contributed by atoms with E-state index in [0.29, 0.717) is 10.6 Å². The van der Waals surface area contributed by atoms with Gasteiger partial charge in [-0.25, -0.2) is 14.6 Å². The second-order valence-corrected chi connectivity index (χ2v) is 11.2. The molecule has 12 heteroatoms. The van der Waals surface area contributed by atoms with Gasteiger partial charge < -0.3 is 29.7 Å². The molecule has 3 heterocycles. The van der Waals surface area contributed by atoms with Crippen molar-refractivity contribution in [3.8, 4) is 0 Å². The number of carboxylic acid groups (broad SMARTS) is 1. The minimum atomic E-state index is -1.24. The molecule has 1 aromatic rings. The zero-order valence-corrected chi connectivity index (χ0v) is 21.7. The van der Waals surface area contributed by atoms with E-state index in [1.807, 2.05) is 6.92 Å². The predicted molar refractivity (Wildman–Crippen MR) is 133 cm³/mol. The summed E-state index contributed by atoms with van der Waals surface area (Å²) < 4.78 is 10.7. The SMILES string of the molecule is C[C@@H](O)[C@H]1C(=O)N2C(C(=O)O)=C(S/C=C\c3scnc3CO)C(C)(CCOC(=O)OC3CCCC3)[C@H]12. The Balaban J connectivity index is 1.56. The summed E-state index contributed by atoms with van der Waals surface area (Å²) in [6, 6.07) is -0.585. The van der Waals surface area contributed by atoms with Gasteiger partial charge in [-0.1, -0.05) is 18.7 Å². The van der Waals surface area contributed by atoms with Crippen LogP contribution in [0.5, 0.6) is 0 Å². The number of ether oxygens (including phenoxy) is 2. The van der Waals surface area contributed by atoms with E-state index in [1.54, 1.807) is 17.0 Å². The smallest absolute Gasteiger partial charge is 0.477 e. The van der Waals surface area contributed by atoms with Crippen LogP contribution >= 0.6 is 23.1 Å². The Morgan fingerprint density at radius 3 is 2.75 bits per heavy atom. The number of fused-ring (bicyclic) bond motifs is 1. The molecule has 0 bridgehead atoms. The molecule has 1 aromatic heterocycles. The van der Waals surface area contributed by atoms with Crippen LogP contribution in [0.2, 0.25) is 0 Å². The standard InChI is InChI=1S/C24H30N2O8S2/c1-13(28)17-19-24(2,8-9-33-23(32)34-14-5-3-4-6-14)20(18(22(30)31)26(19)21(17)29)35-10-7-16-15(11-27)25-12-36-16/h7,10,12-14,17,19,27-28H,3-6,8-9,11H2,1-2H3,(H,30,31)/b10-7-/t13-,17-,19+,24?/m1/s1. The number of hydrogen-bond acceptors (Lipinski definition) is 10. The average Bonchev–Trinajstić information content (AvgIpc) is 3.53. The molecule has 3 aliphatic rings. The zero-order chi connectivity index (χ0) is 26.0. The molecule has 196 valence electrons. The molecule has 1 saturated carbocycles. The Bertz CT molecular complexity index is 1080. The van der Waals surface area contributed by atoms with E-state index in [9.17, 15) is 29.7 Å². The highest BCUT2D eigenvalue weighted by Crippen LogP contribution is 2.59. The number of hydrogen-bond donors (Lipinski definition) is 3. The van der Waals surface area contributed by atoms with Gasteiger partial charge in [0.15, 0.2) is 0 Å². The van der Waals surface area contributed by atoms with Gasteiger partial charge in [-0.2, -0.15) is 0 Å². The number of carboxylic acids is 1. The Labute approximate surface area is 217 Å². The lowest BCUT2D eigenvalue weighted by molar-refractivity contribution is -0.167. The monoisotopic (exact) mass is 538 g/mol.